The van der Waals surface area contributed by atoms with Gasteiger partial charge in [0.25, 0.3) is 0 Å². The average molecular weight is 281 g/mol. The number of hydrogen-bond donors (Lipinski definition) is 0. The first-order valence-corrected chi connectivity index (χ1v) is 8.95. The highest BCUT2D eigenvalue weighted by Crippen LogP contribution is 2.20. The lowest BCUT2D eigenvalue weighted by atomic mass is 10.1. The summed E-state index contributed by atoms with van der Waals surface area (Å²) in [6, 6.07) is 0. The van der Waals surface area contributed by atoms with Crippen molar-refractivity contribution < 1.29 is 0 Å². The molecule has 0 bridgehead atoms. The van der Waals surface area contributed by atoms with Crippen molar-refractivity contribution in [1.82, 2.24) is 9.80 Å². The molecule has 0 N–H and O–H groups in total. The Bertz CT molecular complexity index is 250. The van der Waals surface area contributed by atoms with E-state index in [-0.39, 0.29) is 0 Å². The number of rotatable bonds is 12. The van der Waals surface area contributed by atoms with Crippen molar-refractivity contribution in [3.05, 3.63) is 12.4 Å². The van der Waals surface area contributed by atoms with Crippen molar-refractivity contribution in [2.75, 3.05) is 13.6 Å². The summed E-state index contributed by atoms with van der Waals surface area (Å²) in [6.45, 7) is 5.81. The second-order valence-corrected chi connectivity index (χ2v) is 6.30. The predicted molar refractivity (Wildman–Crippen MR) is 89.5 cm³/mol. The third kappa shape index (κ3) is 6.67. The first-order chi connectivity index (χ1) is 9.79. The molecule has 0 radical (unpaired) electrons. The Hall–Kier alpha value is -0.660. The summed E-state index contributed by atoms with van der Waals surface area (Å²) in [5.41, 5.74) is 0. The molecule has 20 heavy (non-hydrogen) atoms. The molecule has 0 saturated heterocycles. The van der Waals surface area contributed by atoms with E-state index < -0.39 is 0 Å². The molecule has 0 saturated carbocycles. The van der Waals surface area contributed by atoms with Crippen molar-refractivity contribution in [3.63, 3.8) is 0 Å². The van der Waals surface area contributed by atoms with E-state index in [2.05, 4.69) is 43.1 Å². The largest absolute Gasteiger partial charge is 0.359 e. The molecule has 2 nitrogen and oxygen atoms in total. The standard InChI is InChI=1S/C18H36N2/c1-4-6-8-9-10-11-12-13-15-20-17-16-19(3)18(20)14-7-5-2/h16-18H,4-15H2,1-3H3. The zero-order chi connectivity index (χ0) is 14.6. The maximum atomic E-state index is 2.55. The van der Waals surface area contributed by atoms with Gasteiger partial charge < -0.3 is 9.80 Å². The molecule has 1 aliphatic rings. The summed E-state index contributed by atoms with van der Waals surface area (Å²) >= 11 is 0. The third-order valence-corrected chi connectivity index (χ3v) is 4.43. The van der Waals surface area contributed by atoms with Crippen LogP contribution in [-0.2, 0) is 0 Å². The van der Waals surface area contributed by atoms with Crippen molar-refractivity contribution in [2.45, 2.75) is 90.6 Å². The first kappa shape index (κ1) is 17.4. The molecule has 0 aliphatic carbocycles. The van der Waals surface area contributed by atoms with Gasteiger partial charge in [0.05, 0.1) is 0 Å². The van der Waals surface area contributed by atoms with Crippen LogP contribution in [0.3, 0.4) is 0 Å². The molecule has 0 aromatic rings. The Labute approximate surface area is 127 Å². The van der Waals surface area contributed by atoms with Crippen LogP contribution in [0.1, 0.15) is 84.5 Å². The van der Waals surface area contributed by atoms with E-state index in [9.17, 15) is 0 Å². The molecule has 0 amide bonds. The second kappa shape index (κ2) is 11.0. The Morgan fingerprint density at radius 1 is 0.750 bits per heavy atom. The lowest BCUT2D eigenvalue weighted by Crippen LogP contribution is -2.36. The van der Waals surface area contributed by atoms with E-state index in [0.717, 1.165) is 0 Å². The Morgan fingerprint density at radius 3 is 2.00 bits per heavy atom. The van der Waals surface area contributed by atoms with Gasteiger partial charge in [-0.1, -0.05) is 65.2 Å². The Kier molecular flexibility index (Phi) is 9.61. The molecule has 0 aromatic carbocycles. The van der Waals surface area contributed by atoms with Crippen LogP contribution in [0.25, 0.3) is 0 Å². The molecule has 0 fully saturated rings. The lowest BCUT2D eigenvalue weighted by molar-refractivity contribution is 0.160. The van der Waals surface area contributed by atoms with Gasteiger partial charge in [-0.25, -0.2) is 0 Å². The predicted octanol–water partition coefficient (Wildman–Crippen LogP) is 5.36. The first-order valence-electron chi connectivity index (χ1n) is 8.95. The van der Waals surface area contributed by atoms with Crippen LogP contribution < -0.4 is 0 Å². The second-order valence-electron chi connectivity index (χ2n) is 6.30. The number of unbranched alkanes of at least 4 members (excludes halogenated alkanes) is 8. The van der Waals surface area contributed by atoms with E-state index in [4.69, 9.17) is 0 Å². The molecule has 0 aromatic heterocycles. The van der Waals surface area contributed by atoms with Gasteiger partial charge in [0.2, 0.25) is 0 Å². The zero-order valence-corrected chi connectivity index (χ0v) is 14.1. The normalized spacial score (nSPS) is 18.2. The maximum Gasteiger partial charge on any atom is 0.100 e. The number of hydrogen-bond acceptors (Lipinski definition) is 2. The van der Waals surface area contributed by atoms with Gasteiger partial charge in [-0.2, -0.15) is 0 Å². The molecular formula is C18H36N2. The quantitative estimate of drug-likeness (QED) is 0.444. The number of nitrogens with zero attached hydrogens (tertiary/aromatic N) is 2. The summed E-state index contributed by atoms with van der Waals surface area (Å²) in [5.74, 6) is 0. The van der Waals surface area contributed by atoms with Crippen LogP contribution in [-0.4, -0.2) is 29.6 Å². The minimum Gasteiger partial charge on any atom is -0.359 e. The van der Waals surface area contributed by atoms with Gasteiger partial charge in [0, 0.05) is 26.0 Å². The fraction of sp³-hybridized carbons (Fsp3) is 0.889. The van der Waals surface area contributed by atoms with Gasteiger partial charge in [-0.05, 0) is 19.3 Å². The minimum atomic E-state index is 0.625. The van der Waals surface area contributed by atoms with Crippen LogP contribution in [0.4, 0.5) is 0 Å². The Morgan fingerprint density at radius 2 is 1.35 bits per heavy atom. The fourth-order valence-electron chi connectivity index (χ4n) is 3.03. The molecule has 1 atom stereocenters. The van der Waals surface area contributed by atoms with Gasteiger partial charge in [-0.15, -0.1) is 0 Å². The van der Waals surface area contributed by atoms with Gasteiger partial charge in [0.15, 0.2) is 0 Å². The lowest BCUT2D eigenvalue weighted by Gasteiger charge is -2.30. The van der Waals surface area contributed by atoms with Crippen LogP contribution >= 0.6 is 0 Å². The third-order valence-electron chi connectivity index (χ3n) is 4.43. The molecule has 2 heteroatoms. The van der Waals surface area contributed by atoms with E-state index in [1.165, 1.54) is 77.2 Å². The van der Waals surface area contributed by atoms with E-state index in [1.54, 1.807) is 0 Å². The van der Waals surface area contributed by atoms with E-state index >= 15 is 0 Å². The Balaban J connectivity index is 2.04. The van der Waals surface area contributed by atoms with Crippen LogP contribution in [0.15, 0.2) is 12.4 Å². The topological polar surface area (TPSA) is 6.48 Å². The highest BCUT2D eigenvalue weighted by molar-refractivity contribution is 4.95. The molecule has 1 unspecified atom stereocenters. The molecule has 118 valence electrons. The van der Waals surface area contributed by atoms with E-state index in [1.807, 2.05) is 0 Å². The van der Waals surface area contributed by atoms with Crippen molar-refractivity contribution in [1.29, 1.82) is 0 Å². The summed E-state index contributed by atoms with van der Waals surface area (Å²) in [7, 11) is 2.21. The van der Waals surface area contributed by atoms with E-state index in [0.29, 0.717) is 6.17 Å². The SMILES string of the molecule is CCCCCCCCCCN1C=CN(C)C1CCCC. The maximum absolute atomic E-state index is 2.55. The minimum absolute atomic E-state index is 0.625. The zero-order valence-electron chi connectivity index (χ0n) is 14.1. The van der Waals surface area contributed by atoms with Crippen LogP contribution in [0, 0.1) is 0 Å². The molecule has 1 aliphatic heterocycles. The molecule has 0 spiro atoms. The summed E-state index contributed by atoms with van der Waals surface area (Å²) in [4.78, 5) is 4.92. The van der Waals surface area contributed by atoms with Gasteiger partial charge in [-0.3, -0.25) is 0 Å². The monoisotopic (exact) mass is 280 g/mol. The van der Waals surface area contributed by atoms with Crippen LogP contribution in [0.2, 0.25) is 0 Å². The van der Waals surface area contributed by atoms with Gasteiger partial charge >= 0.3 is 0 Å². The van der Waals surface area contributed by atoms with Gasteiger partial charge in [0.1, 0.15) is 6.17 Å². The smallest absolute Gasteiger partial charge is 0.100 e. The van der Waals surface area contributed by atoms with Crippen molar-refractivity contribution in [3.8, 4) is 0 Å². The van der Waals surface area contributed by atoms with Crippen LogP contribution in [0.5, 0.6) is 0 Å². The summed E-state index contributed by atoms with van der Waals surface area (Å²) < 4.78 is 0. The average Bonchev–Trinajstić information content (AvgIpc) is 2.80. The fourth-order valence-corrected chi connectivity index (χ4v) is 3.03. The van der Waals surface area contributed by atoms with Crippen molar-refractivity contribution in [2.24, 2.45) is 0 Å². The summed E-state index contributed by atoms with van der Waals surface area (Å²) in [6.07, 6.45) is 20.4. The molecule has 1 rings (SSSR count). The highest BCUT2D eigenvalue weighted by Gasteiger charge is 2.21. The van der Waals surface area contributed by atoms with Crippen molar-refractivity contribution >= 4 is 0 Å². The molecule has 1 heterocycles. The highest BCUT2D eigenvalue weighted by atomic mass is 15.4. The molecular weight excluding hydrogens is 244 g/mol. The summed E-state index contributed by atoms with van der Waals surface area (Å²) in [5, 5.41) is 0.